The fraction of sp³-hybridized carbons (Fsp3) is 1.00. The molecule has 2 aliphatic rings. The summed E-state index contributed by atoms with van der Waals surface area (Å²) < 4.78 is 0. The molecule has 2 rings (SSSR count). The van der Waals surface area contributed by atoms with Gasteiger partial charge in [0.15, 0.2) is 0 Å². The van der Waals surface area contributed by atoms with Crippen LogP contribution in [-0.4, -0.2) is 22.4 Å². The predicted molar refractivity (Wildman–Crippen MR) is 55.9 cm³/mol. The van der Waals surface area contributed by atoms with Crippen molar-refractivity contribution in [1.82, 2.24) is 0 Å². The lowest BCUT2D eigenvalue weighted by Crippen LogP contribution is -2.42. The van der Waals surface area contributed by atoms with Gasteiger partial charge in [0.2, 0.25) is 0 Å². The standard InChI is InChI=1S/C12H22O2/c1-8(13)9-5-6-10-11(14)4-3-7-12(9,10)2/h8-11,13-14H,3-7H2,1-2H3/t8-,9+,10?,11-,12+/m0/s1. The molecule has 0 heterocycles. The lowest BCUT2D eigenvalue weighted by atomic mass is 9.63. The number of hydrogen-bond donors (Lipinski definition) is 2. The molecule has 2 nitrogen and oxygen atoms in total. The maximum atomic E-state index is 9.96. The van der Waals surface area contributed by atoms with Gasteiger partial charge in [0, 0.05) is 0 Å². The molecule has 82 valence electrons. The van der Waals surface area contributed by atoms with Crippen molar-refractivity contribution in [2.45, 2.75) is 58.2 Å². The second kappa shape index (κ2) is 3.49. The van der Waals surface area contributed by atoms with Crippen LogP contribution in [0, 0.1) is 17.3 Å². The Labute approximate surface area is 86.3 Å². The smallest absolute Gasteiger partial charge is 0.0573 e. The van der Waals surface area contributed by atoms with Gasteiger partial charge in [0.25, 0.3) is 0 Å². The Kier molecular flexibility index (Phi) is 2.61. The van der Waals surface area contributed by atoms with Gasteiger partial charge >= 0.3 is 0 Å². The molecule has 0 aromatic heterocycles. The molecule has 5 atom stereocenters. The van der Waals surface area contributed by atoms with Gasteiger partial charge in [-0.05, 0) is 49.9 Å². The van der Waals surface area contributed by atoms with E-state index in [4.69, 9.17) is 0 Å². The van der Waals surface area contributed by atoms with Gasteiger partial charge in [-0.3, -0.25) is 0 Å². The van der Waals surface area contributed by atoms with Crippen molar-refractivity contribution in [2.75, 3.05) is 0 Å². The van der Waals surface area contributed by atoms with Gasteiger partial charge in [0.05, 0.1) is 12.2 Å². The van der Waals surface area contributed by atoms with Crippen molar-refractivity contribution >= 4 is 0 Å². The SMILES string of the molecule is C[C@H](O)[C@H]1CCC2[C@@H](O)CCC[C@@]21C. The summed E-state index contributed by atoms with van der Waals surface area (Å²) in [7, 11) is 0. The minimum absolute atomic E-state index is 0.113. The van der Waals surface area contributed by atoms with Gasteiger partial charge in [-0.1, -0.05) is 13.3 Å². The van der Waals surface area contributed by atoms with Gasteiger partial charge in [-0.25, -0.2) is 0 Å². The minimum atomic E-state index is -0.213. The molecule has 0 saturated heterocycles. The first-order valence-corrected chi connectivity index (χ1v) is 5.92. The molecular formula is C12H22O2. The second-order valence-corrected chi connectivity index (χ2v) is 5.50. The molecule has 2 N–H and O–H groups in total. The van der Waals surface area contributed by atoms with Crippen molar-refractivity contribution < 1.29 is 10.2 Å². The lowest BCUT2D eigenvalue weighted by molar-refractivity contribution is -0.0435. The van der Waals surface area contributed by atoms with E-state index in [9.17, 15) is 10.2 Å². The Morgan fingerprint density at radius 2 is 2.00 bits per heavy atom. The normalized spacial score (nSPS) is 50.1. The van der Waals surface area contributed by atoms with E-state index >= 15 is 0 Å². The van der Waals surface area contributed by atoms with E-state index in [1.54, 1.807) is 0 Å². The molecule has 0 aliphatic heterocycles. The molecule has 2 aliphatic carbocycles. The monoisotopic (exact) mass is 198 g/mol. The Balaban J connectivity index is 2.20. The first kappa shape index (κ1) is 10.4. The summed E-state index contributed by atoms with van der Waals surface area (Å²) in [5.41, 5.74) is 0.200. The number of aliphatic hydroxyl groups is 2. The Bertz CT molecular complexity index is 206. The molecule has 1 unspecified atom stereocenters. The van der Waals surface area contributed by atoms with E-state index in [0.29, 0.717) is 11.8 Å². The van der Waals surface area contributed by atoms with Gasteiger partial charge in [-0.2, -0.15) is 0 Å². The highest BCUT2D eigenvalue weighted by Gasteiger charge is 2.52. The summed E-state index contributed by atoms with van der Waals surface area (Å²) in [5, 5.41) is 19.7. The van der Waals surface area contributed by atoms with Crippen molar-refractivity contribution in [3.63, 3.8) is 0 Å². The van der Waals surface area contributed by atoms with Gasteiger partial charge < -0.3 is 10.2 Å². The van der Waals surface area contributed by atoms with Crippen LogP contribution in [0.2, 0.25) is 0 Å². The Hall–Kier alpha value is -0.0800. The number of fused-ring (bicyclic) bond motifs is 1. The van der Waals surface area contributed by atoms with E-state index in [2.05, 4.69) is 6.92 Å². The van der Waals surface area contributed by atoms with Crippen LogP contribution in [-0.2, 0) is 0 Å². The number of aliphatic hydroxyl groups excluding tert-OH is 2. The van der Waals surface area contributed by atoms with Crippen LogP contribution in [0.1, 0.15) is 46.0 Å². The van der Waals surface area contributed by atoms with E-state index in [-0.39, 0.29) is 17.6 Å². The molecule has 14 heavy (non-hydrogen) atoms. The highest BCUT2D eigenvalue weighted by molar-refractivity contribution is 5.01. The highest BCUT2D eigenvalue weighted by Crippen LogP contribution is 2.56. The topological polar surface area (TPSA) is 40.5 Å². The third-order valence-corrected chi connectivity index (χ3v) is 4.74. The van der Waals surface area contributed by atoms with Crippen molar-refractivity contribution in [3.05, 3.63) is 0 Å². The van der Waals surface area contributed by atoms with Crippen LogP contribution >= 0.6 is 0 Å². The van der Waals surface area contributed by atoms with Crippen LogP contribution in [0.15, 0.2) is 0 Å². The summed E-state index contributed by atoms with van der Waals surface area (Å²) >= 11 is 0. The summed E-state index contributed by atoms with van der Waals surface area (Å²) in [6.07, 6.45) is 5.14. The van der Waals surface area contributed by atoms with Gasteiger partial charge in [-0.15, -0.1) is 0 Å². The first-order chi connectivity index (χ1) is 6.55. The van der Waals surface area contributed by atoms with E-state index < -0.39 is 0 Å². The van der Waals surface area contributed by atoms with Gasteiger partial charge in [0.1, 0.15) is 0 Å². The summed E-state index contributed by atoms with van der Waals surface area (Å²) in [5.74, 6) is 0.846. The van der Waals surface area contributed by atoms with E-state index in [1.807, 2.05) is 6.92 Å². The zero-order valence-corrected chi connectivity index (χ0v) is 9.24. The average Bonchev–Trinajstić information content (AvgIpc) is 2.43. The van der Waals surface area contributed by atoms with Crippen LogP contribution in [0.5, 0.6) is 0 Å². The van der Waals surface area contributed by atoms with Crippen molar-refractivity contribution in [2.24, 2.45) is 17.3 Å². The van der Waals surface area contributed by atoms with Crippen LogP contribution in [0.25, 0.3) is 0 Å². The Morgan fingerprint density at radius 1 is 1.29 bits per heavy atom. The number of hydrogen-bond acceptors (Lipinski definition) is 2. The summed E-state index contributed by atoms with van der Waals surface area (Å²) in [4.78, 5) is 0. The molecule has 0 radical (unpaired) electrons. The predicted octanol–water partition coefficient (Wildman–Crippen LogP) is 1.94. The minimum Gasteiger partial charge on any atom is -0.393 e. The molecule has 0 amide bonds. The van der Waals surface area contributed by atoms with Crippen LogP contribution in [0.3, 0.4) is 0 Å². The molecule has 0 aromatic rings. The van der Waals surface area contributed by atoms with Crippen molar-refractivity contribution in [3.8, 4) is 0 Å². The summed E-state index contributed by atoms with van der Waals surface area (Å²) in [6, 6.07) is 0. The summed E-state index contributed by atoms with van der Waals surface area (Å²) in [6.45, 7) is 4.17. The maximum absolute atomic E-state index is 9.96. The Morgan fingerprint density at radius 3 is 2.64 bits per heavy atom. The highest BCUT2D eigenvalue weighted by atomic mass is 16.3. The molecule has 0 spiro atoms. The fourth-order valence-corrected chi connectivity index (χ4v) is 3.98. The fourth-order valence-electron chi connectivity index (χ4n) is 3.98. The number of rotatable bonds is 1. The van der Waals surface area contributed by atoms with E-state index in [0.717, 1.165) is 25.7 Å². The maximum Gasteiger partial charge on any atom is 0.0573 e. The zero-order chi connectivity index (χ0) is 10.3. The molecule has 0 bridgehead atoms. The zero-order valence-electron chi connectivity index (χ0n) is 9.24. The lowest BCUT2D eigenvalue weighted by Gasteiger charge is -2.44. The quantitative estimate of drug-likeness (QED) is 0.676. The molecule has 2 saturated carbocycles. The largest absolute Gasteiger partial charge is 0.393 e. The third-order valence-electron chi connectivity index (χ3n) is 4.74. The second-order valence-electron chi connectivity index (χ2n) is 5.50. The molecule has 2 heteroatoms. The molecule has 0 aromatic carbocycles. The molecular weight excluding hydrogens is 176 g/mol. The van der Waals surface area contributed by atoms with E-state index in [1.165, 1.54) is 6.42 Å². The average molecular weight is 198 g/mol. The third kappa shape index (κ3) is 1.40. The van der Waals surface area contributed by atoms with Crippen molar-refractivity contribution in [1.29, 1.82) is 0 Å². The van der Waals surface area contributed by atoms with Crippen LogP contribution in [0.4, 0.5) is 0 Å². The first-order valence-electron chi connectivity index (χ1n) is 5.92. The molecule has 2 fully saturated rings. The van der Waals surface area contributed by atoms with Crippen LogP contribution < -0.4 is 0 Å².